The Hall–Kier alpha value is -0.650. The maximum atomic E-state index is 11.5. The molecule has 1 rings (SSSR count). The normalized spacial score (nSPS) is 19.6. The fourth-order valence-electron chi connectivity index (χ4n) is 1.88. The fraction of sp³-hybridized carbons (Fsp3) is 0.909. The van der Waals surface area contributed by atoms with Crippen LogP contribution in [0.25, 0.3) is 0 Å². The molecule has 0 aromatic rings. The number of carbonyl (C=O) groups excluding carboxylic acids is 1. The van der Waals surface area contributed by atoms with Gasteiger partial charge in [-0.1, -0.05) is 0 Å². The zero-order valence-electron chi connectivity index (χ0n) is 10.2. The first kappa shape index (κ1) is 13.4. The summed E-state index contributed by atoms with van der Waals surface area (Å²) < 4.78 is 15.7. The molecule has 0 radical (unpaired) electrons. The molecule has 94 valence electrons. The van der Waals surface area contributed by atoms with Crippen LogP contribution in [0.1, 0.15) is 26.7 Å². The molecule has 1 aliphatic rings. The van der Waals surface area contributed by atoms with E-state index >= 15 is 0 Å². The van der Waals surface area contributed by atoms with Crippen molar-refractivity contribution in [2.45, 2.75) is 39.0 Å². The molecular weight excluding hydrogens is 210 g/mol. The number of hydrogen-bond donors (Lipinski definition) is 1. The Kier molecular flexibility index (Phi) is 4.70. The number of methoxy groups -OCH3 is 1. The van der Waals surface area contributed by atoms with Crippen LogP contribution in [0.5, 0.6) is 0 Å². The molecule has 0 spiro atoms. The quantitative estimate of drug-likeness (QED) is 0.515. The van der Waals surface area contributed by atoms with Crippen LogP contribution in [0, 0.1) is 5.41 Å². The van der Waals surface area contributed by atoms with Crippen molar-refractivity contribution in [1.82, 2.24) is 0 Å². The van der Waals surface area contributed by atoms with Gasteiger partial charge in [0, 0.05) is 18.6 Å². The van der Waals surface area contributed by atoms with E-state index in [1.807, 2.05) is 13.8 Å². The van der Waals surface area contributed by atoms with Crippen LogP contribution in [0.4, 0.5) is 0 Å². The number of ether oxygens (including phenoxy) is 3. The van der Waals surface area contributed by atoms with Crippen LogP contribution < -0.4 is 5.73 Å². The average molecular weight is 231 g/mol. The van der Waals surface area contributed by atoms with Gasteiger partial charge in [-0.2, -0.15) is 0 Å². The molecule has 0 amide bonds. The standard InChI is InChI=1S/C11H21NO4/c1-4-15-10(16-5-2)11(6-7-11)8(12)9(13)14-3/h8,10H,4-7,12H2,1-3H3. The van der Waals surface area contributed by atoms with E-state index in [9.17, 15) is 4.79 Å². The molecule has 0 aliphatic heterocycles. The van der Waals surface area contributed by atoms with Gasteiger partial charge in [0.25, 0.3) is 0 Å². The second-order valence-corrected chi connectivity index (χ2v) is 3.98. The fourth-order valence-corrected chi connectivity index (χ4v) is 1.88. The topological polar surface area (TPSA) is 70.8 Å². The minimum absolute atomic E-state index is 0.390. The van der Waals surface area contributed by atoms with Crippen LogP contribution >= 0.6 is 0 Å². The SMILES string of the molecule is CCOC(OCC)C1(C(N)C(=O)OC)CC1. The molecule has 5 nitrogen and oxygen atoms in total. The first-order valence-corrected chi connectivity index (χ1v) is 5.69. The van der Waals surface area contributed by atoms with E-state index in [4.69, 9.17) is 15.2 Å². The van der Waals surface area contributed by atoms with Gasteiger partial charge in [-0.15, -0.1) is 0 Å². The number of nitrogens with two attached hydrogens (primary N) is 1. The number of esters is 1. The second kappa shape index (κ2) is 5.61. The van der Waals surface area contributed by atoms with Crippen molar-refractivity contribution >= 4 is 5.97 Å². The van der Waals surface area contributed by atoms with Gasteiger partial charge in [-0.3, -0.25) is 4.79 Å². The molecule has 1 aliphatic carbocycles. The van der Waals surface area contributed by atoms with E-state index in [0.29, 0.717) is 13.2 Å². The lowest BCUT2D eigenvalue weighted by molar-refractivity contribution is -0.187. The summed E-state index contributed by atoms with van der Waals surface area (Å²) in [5, 5.41) is 0. The maximum absolute atomic E-state index is 11.5. The Morgan fingerprint density at radius 1 is 1.31 bits per heavy atom. The summed E-state index contributed by atoms with van der Waals surface area (Å²) in [5.41, 5.74) is 5.51. The molecule has 1 saturated carbocycles. The van der Waals surface area contributed by atoms with E-state index < -0.39 is 18.3 Å². The van der Waals surface area contributed by atoms with Crippen molar-refractivity contribution in [1.29, 1.82) is 0 Å². The van der Waals surface area contributed by atoms with Crippen LogP contribution in [0.3, 0.4) is 0 Å². The van der Waals surface area contributed by atoms with Gasteiger partial charge in [-0.25, -0.2) is 0 Å². The van der Waals surface area contributed by atoms with Crippen LogP contribution in [0.15, 0.2) is 0 Å². The molecule has 2 N–H and O–H groups in total. The third kappa shape index (κ3) is 2.53. The Morgan fingerprint density at radius 2 is 1.81 bits per heavy atom. The average Bonchev–Trinajstić information content (AvgIpc) is 3.08. The van der Waals surface area contributed by atoms with Crippen molar-refractivity contribution in [3.8, 4) is 0 Å². The molecule has 1 atom stereocenters. The van der Waals surface area contributed by atoms with Gasteiger partial charge in [-0.05, 0) is 26.7 Å². The van der Waals surface area contributed by atoms with E-state index in [0.717, 1.165) is 12.8 Å². The smallest absolute Gasteiger partial charge is 0.323 e. The zero-order valence-corrected chi connectivity index (χ0v) is 10.2. The Balaban J connectivity index is 2.69. The van der Waals surface area contributed by atoms with Gasteiger partial charge in [0.15, 0.2) is 6.29 Å². The molecule has 16 heavy (non-hydrogen) atoms. The summed E-state index contributed by atoms with van der Waals surface area (Å²) in [5.74, 6) is -0.401. The molecule has 0 aromatic carbocycles. The molecule has 1 fully saturated rings. The van der Waals surface area contributed by atoms with Gasteiger partial charge in [0.05, 0.1) is 7.11 Å². The monoisotopic (exact) mass is 231 g/mol. The first-order valence-electron chi connectivity index (χ1n) is 5.69. The summed E-state index contributed by atoms with van der Waals surface area (Å²) in [6.07, 6.45) is 1.28. The lowest BCUT2D eigenvalue weighted by Gasteiger charge is -2.29. The predicted molar refractivity (Wildman–Crippen MR) is 58.7 cm³/mol. The molecule has 0 heterocycles. The largest absolute Gasteiger partial charge is 0.468 e. The lowest BCUT2D eigenvalue weighted by atomic mass is 9.96. The van der Waals surface area contributed by atoms with Gasteiger partial charge < -0.3 is 19.9 Å². The van der Waals surface area contributed by atoms with Crippen molar-refractivity contribution in [3.05, 3.63) is 0 Å². The predicted octanol–water partition coefficient (Wildman–Crippen LogP) is 0.666. The summed E-state index contributed by atoms with van der Waals surface area (Å²) in [7, 11) is 1.34. The van der Waals surface area contributed by atoms with Crippen LogP contribution in [0.2, 0.25) is 0 Å². The maximum Gasteiger partial charge on any atom is 0.323 e. The highest BCUT2D eigenvalue weighted by molar-refractivity contribution is 5.77. The number of rotatable bonds is 7. The Labute approximate surface area is 96.2 Å². The van der Waals surface area contributed by atoms with E-state index in [1.165, 1.54) is 7.11 Å². The molecule has 5 heteroatoms. The summed E-state index contributed by atoms with van der Waals surface area (Å²) in [6, 6.07) is -0.666. The zero-order chi connectivity index (χ0) is 12.2. The Morgan fingerprint density at radius 3 is 2.12 bits per heavy atom. The minimum atomic E-state index is -0.666. The van der Waals surface area contributed by atoms with E-state index in [2.05, 4.69) is 4.74 Å². The van der Waals surface area contributed by atoms with Gasteiger partial charge in [0.1, 0.15) is 6.04 Å². The van der Waals surface area contributed by atoms with Crippen molar-refractivity contribution < 1.29 is 19.0 Å². The van der Waals surface area contributed by atoms with Crippen molar-refractivity contribution in [2.24, 2.45) is 11.1 Å². The highest BCUT2D eigenvalue weighted by atomic mass is 16.7. The van der Waals surface area contributed by atoms with E-state index in [-0.39, 0.29) is 5.41 Å². The lowest BCUT2D eigenvalue weighted by Crippen LogP contribution is -2.48. The van der Waals surface area contributed by atoms with Crippen LogP contribution in [-0.4, -0.2) is 38.6 Å². The van der Waals surface area contributed by atoms with E-state index in [1.54, 1.807) is 0 Å². The molecule has 0 aromatic heterocycles. The van der Waals surface area contributed by atoms with Gasteiger partial charge >= 0.3 is 5.97 Å². The molecular formula is C11H21NO4. The Bertz CT molecular complexity index is 234. The number of carbonyl (C=O) groups is 1. The minimum Gasteiger partial charge on any atom is -0.468 e. The third-order valence-electron chi connectivity index (χ3n) is 3.01. The highest BCUT2D eigenvalue weighted by Crippen LogP contribution is 2.52. The third-order valence-corrected chi connectivity index (χ3v) is 3.01. The van der Waals surface area contributed by atoms with Crippen LogP contribution in [-0.2, 0) is 19.0 Å². The second-order valence-electron chi connectivity index (χ2n) is 3.98. The highest BCUT2D eigenvalue weighted by Gasteiger charge is 2.58. The van der Waals surface area contributed by atoms with Crippen molar-refractivity contribution in [3.63, 3.8) is 0 Å². The molecule has 1 unspecified atom stereocenters. The molecule has 0 bridgehead atoms. The first-order chi connectivity index (χ1) is 7.62. The summed E-state index contributed by atoms with van der Waals surface area (Å²) >= 11 is 0. The van der Waals surface area contributed by atoms with Crippen molar-refractivity contribution in [2.75, 3.05) is 20.3 Å². The number of hydrogen-bond acceptors (Lipinski definition) is 5. The van der Waals surface area contributed by atoms with Gasteiger partial charge in [0.2, 0.25) is 0 Å². The summed E-state index contributed by atoms with van der Waals surface area (Å²) in [6.45, 7) is 4.87. The molecule has 0 saturated heterocycles. The summed E-state index contributed by atoms with van der Waals surface area (Å²) in [4.78, 5) is 11.5.